The highest BCUT2D eigenvalue weighted by molar-refractivity contribution is 5.31. The molecule has 2 saturated heterocycles. The van der Waals surface area contributed by atoms with Gasteiger partial charge in [-0.3, -0.25) is 14.9 Å². The number of hydrogen-bond donors (Lipinski definition) is 0. The van der Waals surface area contributed by atoms with Gasteiger partial charge in [-0.1, -0.05) is 0 Å². The largest absolute Gasteiger partial charge is 0.369 e. The highest BCUT2D eigenvalue weighted by Gasteiger charge is 2.24. The maximum atomic E-state index is 5.89. The Labute approximate surface area is 148 Å². The molecule has 25 heavy (non-hydrogen) atoms. The first-order chi connectivity index (χ1) is 12.3. The average Bonchev–Trinajstić information content (AvgIpc) is 3.18. The summed E-state index contributed by atoms with van der Waals surface area (Å²) in [5.41, 5.74) is 2.88. The Kier molecular flexibility index (Phi) is 4.85. The van der Waals surface area contributed by atoms with E-state index in [1.165, 1.54) is 12.8 Å². The molecule has 4 heterocycles. The molecule has 0 bridgehead atoms. The van der Waals surface area contributed by atoms with E-state index in [4.69, 9.17) is 9.72 Å². The average molecular weight is 340 g/mol. The first kappa shape index (κ1) is 16.4. The summed E-state index contributed by atoms with van der Waals surface area (Å²) >= 11 is 0. The fraction of sp³-hybridized carbons (Fsp3) is 0.556. The van der Waals surface area contributed by atoms with E-state index in [2.05, 4.69) is 24.8 Å². The predicted molar refractivity (Wildman–Crippen MR) is 94.2 cm³/mol. The number of hydrogen-bond acceptors (Lipinski definition) is 7. The fourth-order valence-electron chi connectivity index (χ4n) is 3.37. The van der Waals surface area contributed by atoms with E-state index in [0.717, 1.165) is 55.8 Å². The molecule has 1 atom stereocenters. The lowest BCUT2D eigenvalue weighted by molar-refractivity contribution is -0.0355. The van der Waals surface area contributed by atoms with Crippen LogP contribution in [0.4, 0.5) is 5.95 Å². The van der Waals surface area contributed by atoms with Crippen LogP contribution in [-0.4, -0.2) is 57.6 Å². The number of aromatic nitrogens is 4. The quantitative estimate of drug-likeness (QED) is 0.840. The van der Waals surface area contributed by atoms with Gasteiger partial charge in [-0.05, 0) is 25.8 Å². The topological polar surface area (TPSA) is 67.3 Å². The van der Waals surface area contributed by atoms with E-state index in [0.29, 0.717) is 6.61 Å². The van der Waals surface area contributed by atoms with Crippen molar-refractivity contribution in [1.82, 2.24) is 24.8 Å². The van der Waals surface area contributed by atoms with Crippen LogP contribution in [0.5, 0.6) is 0 Å². The van der Waals surface area contributed by atoms with Crippen molar-refractivity contribution in [2.24, 2.45) is 0 Å². The van der Waals surface area contributed by atoms with Gasteiger partial charge in [0, 0.05) is 45.1 Å². The molecule has 0 saturated carbocycles. The number of morpholine rings is 1. The maximum absolute atomic E-state index is 5.89. The molecule has 7 nitrogen and oxygen atoms in total. The van der Waals surface area contributed by atoms with Crippen molar-refractivity contribution in [2.45, 2.75) is 32.4 Å². The lowest BCUT2D eigenvalue weighted by Gasteiger charge is -2.32. The highest BCUT2D eigenvalue weighted by atomic mass is 16.5. The maximum Gasteiger partial charge on any atom is 0.225 e. The van der Waals surface area contributed by atoms with Gasteiger partial charge in [0.15, 0.2) is 0 Å². The first-order valence-electron chi connectivity index (χ1n) is 8.97. The standard InChI is InChI=1S/C18H24N6O/c1-14-10-21-16(11-20-14)17-13-23(8-9-25-17)12-15-4-5-19-18(22-15)24-6-2-3-7-24/h4-5,10-11,17H,2-3,6-9,12-13H2,1H3/t17-/m0/s1. The molecule has 0 spiro atoms. The molecule has 0 amide bonds. The van der Waals surface area contributed by atoms with E-state index in [1.54, 1.807) is 6.20 Å². The zero-order chi connectivity index (χ0) is 17.1. The van der Waals surface area contributed by atoms with Crippen LogP contribution in [-0.2, 0) is 11.3 Å². The Morgan fingerprint density at radius 2 is 2.00 bits per heavy atom. The second-order valence-electron chi connectivity index (χ2n) is 6.72. The van der Waals surface area contributed by atoms with Gasteiger partial charge in [0.05, 0.1) is 29.9 Å². The SMILES string of the molecule is Cc1cnc([C@@H]2CN(Cc3ccnc(N4CCCC4)n3)CCO2)cn1. The molecule has 0 unspecified atom stereocenters. The molecular formula is C18H24N6O. The van der Waals surface area contributed by atoms with Crippen molar-refractivity contribution < 1.29 is 4.74 Å². The first-order valence-corrected chi connectivity index (χ1v) is 8.97. The summed E-state index contributed by atoms with van der Waals surface area (Å²) in [6, 6.07) is 2.01. The second-order valence-corrected chi connectivity index (χ2v) is 6.72. The fourth-order valence-corrected chi connectivity index (χ4v) is 3.37. The van der Waals surface area contributed by atoms with Crippen LogP contribution >= 0.6 is 0 Å². The molecule has 4 rings (SSSR count). The normalized spacial score (nSPS) is 21.6. The molecule has 2 aromatic rings. The van der Waals surface area contributed by atoms with Crippen molar-refractivity contribution in [1.29, 1.82) is 0 Å². The lowest BCUT2D eigenvalue weighted by atomic mass is 10.2. The van der Waals surface area contributed by atoms with E-state index in [1.807, 2.05) is 25.4 Å². The summed E-state index contributed by atoms with van der Waals surface area (Å²) in [5, 5.41) is 0. The van der Waals surface area contributed by atoms with Gasteiger partial charge in [0.1, 0.15) is 6.10 Å². The molecule has 2 aliphatic rings. The number of anilines is 1. The minimum Gasteiger partial charge on any atom is -0.369 e. The van der Waals surface area contributed by atoms with Gasteiger partial charge < -0.3 is 9.64 Å². The van der Waals surface area contributed by atoms with Gasteiger partial charge in [0.2, 0.25) is 5.95 Å². The molecular weight excluding hydrogens is 316 g/mol. The van der Waals surface area contributed by atoms with Crippen molar-refractivity contribution in [3.8, 4) is 0 Å². The molecule has 2 aliphatic heterocycles. The van der Waals surface area contributed by atoms with Crippen LogP contribution in [0.3, 0.4) is 0 Å². The smallest absolute Gasteiger partial charge is 0.225 e. The summed E-state index contributed by atoms with van der Waals surface area (Å²) in [6.45, 7) is 7.29. The van der Waals surface area contributed by atoms with Gasteiger partial charge in [-0.15, -0.1) is 0 Å². The van der Waals surface area contributed by atoms with Crippen molar-refractivity contribution in [2.75, 3.05) is 37.7 Å². The third-order valence-electron chi connectivity index (χ3n) is 4.76. The van der Waals surface area contributed by atoms with Crippen LogP contribution < -0.4 is 4.90 Å². The van der Waals surface area contributed by atoms with Crippen LogP contribution in [0.15, 0.2) is 24.7 Å². The third-order valence-corrected chi connectivity index (χ3v) is 4.76. The summed E-state index contributed by atoms with van der Waals surface area (Å²) < 4.78 is 5.89. The number of aryl methyl sites for hydroxylation is 1. The summed E-state index contributed by atoms with van der Waals surface area (Å²) in [6.07, 6.45) is 7.93. The molecule has 2 aromatic heterocycles. The van der Waals surface area contributed by atoms with Crippen LogP contribution in [0.1, 0.15) is 36.0 Å². The molecule has 0 aromatic carbocycles. The minimum absolute atomic E-state index is 0.0262. The molecule has 2 fully saturated rings. The van der Waals surface area contributed by atoms with Crippen LogP contribution in [0, 0.1) is 6.92 Å². The van der Waals surface area contributed by atoms with E-state index >= 15 is 0 Å². The number of ether oxygens (including phenoxy) is 1. The minimum atomic E-state index is -0.0262. The Morgan fingerprint density at radius 3 is 2.80 bits per heavy atom. The zero-order valence-electron chi connectivity index (χ0n) is 14.6. The summed E-state index contributed by atoms with van der Waals surface area (Å²) in [5.74, 6) is 0.865. The predicted octanol–water partition coefficient (Wildman–Crippen LogP) is 1.75. The van der Waals surface area contributed by atoms with Gasteiger partial charge >= 0.3 is 0 Å². The Hall–Kier alpha value is -2.12. The summed E-state index contributed by atoms with van der Waals surface area (Å²) in [7, 11) is 0. The second kappa shape index (κ2) is 7.41. The molecule has 0 N–H and O–H groups in total. The number of rotatable bonds is 4. The lowest BCUT2D eigenvalue weighted by Crippen LogP contribution is -2.38. The zero-order valence-corrected chi connectivity index (χ0v) is 14.6. The van der Waals surface area contributed by atoms with Gasteiger partial charge in [0.25, 0.3) is 0 Å². The number of nitrogens with zero attached hydrogens (tertiary/aromatic N) is 6. The molecule has 132 valence electrons. The van der Waals surface area contributed by atoms with Crippen LogP contribution in [0.2, 0.25) is 0 Å². The molecule has 0 radical (unpaired) electrons. The van der Waals surface area contributed by atoms with Crippen molar-refractivity contribution >= 4 is 5.95 Å². The van der Waals surface area contributed by atoms with Gasteiger partial charge in [-0.2, -0.15) is 0 Å². The highest BCUT2D eigenvalue weighted by Crippen LogP contribution is 2.22. The van der Waals surface area contributed by atoms with E-state index in [-0.39, 0.29) is 6.10 Å². The Morgan fingerprint density at radius 1 is 1.12 bits per heavy atom. The van der Waals surface area contributed by atoms with Crippen LogP contribution in [0.25, 0.3) is 0 Å². The molecule has 0 aliphatic carbocycles. The van der Waals surface area contributed by atoms with E-state index < -0.39 is 0 Å². The monoisotopic (exact) mass is 340 g/mol. The van der Waals surface area contributed by atoms with Gasteiger partial charge in [-0.25, -0.2) is 9.97 Å². The van der Waals surface area contributed by atoms with E-state index in [9.17, 15) is 0 Å². The molecule has 7 heteroatoms. The Bertz CT molecular complexity index is 701. The Balaban J connectivity index is 1.42. The third kappa shape index (κ3) is 3.93. The van der Waals surface area contributed by atoms with Crippen molar-refractivity contribution in [3.05, 3.63) is 41.7 Å². The summed E-state index contributed by atoms with van der Waals surface area (Å²) in [4.78, 5) is 22.6. The van der Waals surface area contributed by atoms with Crippen molar-refractivity contribution in [3.63, 3.8) is 0 Å².